The SMILES string of the molecule is C[C@H]1O[C@@H](O[C@H]2CC[C@]3(C=O)C4CC[C@]5(C)[C@@H](C6=CC(=O)OC6)CC[C@]5(O)C4CC[C@]3(O)C2)[C@H](O)[C@H](O)[C@@H]1O[C@@H]1O[C@H](CO)[C@@H](O)[C@H](O)[C@H]1O. The number of ether oxygens (including phenoxy) is 5. The zero-order valence-electron chi connectivity index (χ0n) is 28.5. The summed E-state index contributed by atoms with van der Waals surface area (Å²) >= 11 is 0. The molecule has 0 spiro atoms. The molecular weight excluding hydrogens is 660 g/mol. The Morgan fingerprint density at radius 2 is 1.56 bits per heavy atom. The maximum atomic E-state index is 13.2. The first-order chi connectivity index (χ1) is 23.6. The molecule has 0 aromatic rings. The number of aliphatic hydroxyl groups excluding tert-OH is 6. The van der Waals surface area contributed by atoms with Crippen LogP contribution in [0.3, 0.4) is 0 Å². The highest BCUT2D eigenvalue weighted by Gasteiger charge is 2.71. The fourth-order valence-corrected chi connectivity index (χ4v) is 11.3. The number of rotatable bonds is 7. The monoisotopic (exact) mass is 712 g/mol. The topological polar surface area (TPSA) is 242 Å². The summed E-state index contributed by atoms with van der Waals surface area (Å²) in [5.74, 6) is -0.830. The molecule has 3 heterocycles. The summed E-state index contributed by atoms with van der Waals surface area (Å²) in [7, 11) is 0. The van der Waals surface area contributed by atoms with Crippen molar-refractivity contribution in [1.29, 1.82) is 0 Å². The van der Waals surface area contributed by atoms with Crippen LogP contribution in [0, 0.1) is 28.6 Å². The number of carbonyl (C=O) groups is 2. The average molecular weight is 713 g/mol. The number of carbonyl (C=O) groups excluding carboxylic acids is 2. The highest BCUT2D eigenvalue weighted by Crippen LogP contribution is 2.70. The van der Waals surface area contributed by atoms with Crippen LogP contribution in [0.1, 0.15) is 71.6 Å². The predicted molar refractivity (Wildman–Crippen MR) is 167 cm³/mol. The zero-order chi connectivity index (χ0) is 36.0. The van der Waals surface area contributed by atoms with E-state index >= 15 is 0 Å². The summed E-state index contributed by atoms with van der Waals surface area (Å²) in [6.45, 7) is 3.22. The normalized spacial score (nSPS) is 55.0. The third-order valence-corrected chi connectivity index (χ3v) is 14.1. The maximum absolute atomic E-state index is 13.2. The maximum Gasteiger partial charge on any atom is 0.331 e. The second-order valence-corrected chi connectivity index (χ2v) is 16.2. The van der Waals surface area contributed by atoms with Gasteiger partial charge in [0.1, 0.15) is 55.6 Å². The molecule has 282 valence electrons. The summed E-state index contributed by atoms with van der Waals surface area (Å²) in [6, 6.07) is 0. The minimum atomic E-state index is -1.71. The van der Waals surface area contributed by atoms with Crippen LogP contribution in [0.4, 0.5) is 0 Å². The number of esters is 1. The molecule has 0 bridgehead atoms. The fraction of sp³-hybridized carbons (Fsp3) is 0.886. The molecule has 0 aromatic heterocycles. The molecule has 50 heavy (non-hydrogen) atoms. The summed E-state index contributed by atoms with van der Waals surface area (Å²) in [5.41, 5.74) is -3.20. The molecule has 15 nitrogen and oxygen atoms in total. The third kappa shape index (κ3) is 5.37. The molecule has 7 aliphatic rings. The van der Waals surface area contributed by atoms with E-state index in [9.17, 15) is 50.4 Å². The van der Waals surface area contributed by atoms with E-state index in [-0.39, 0.29) is 43.2 Å². The Morgan fingerprint density at radius 3 is 2.24 bits per heavy atom. The number of hydrogen-bond donors (Lipinski definition) is 8. The smallest absolute Gasteiger partial charge is 0.331 e. The van der Waals surface area contributed by atoms with Crippen molar-refractivity contribution in [3.05, 3.63) is 11.6 Å². The Labute approximate surface area is 290 Å². The highest BCUT2D eigenvalue weighted by atomic mass is 16.7. The zero-order valence-corrected chi connectivity index (χ0v) is 28.5. The molecule has 4 aliphatic carbocycles. The Kier molecular flexibility index (Phi) is 9.60. The summed E-state index contributed by atoms with van der Waals surface area (Å²) in [6.07, 6.45) is -8.63. The molecular formula is C35H52O15. The first-order valence-electron chi connectivity index (χ1n) is 18.0. The fourth-order valence-electron chi connectivity index (χ4n) is 11.3. The van der Waals surface area contributed by atoms with Gasteiger partial charge < -0.3 is 69.3 Å². The predicted octanol–water partition coefficient (Wildman–Crippen LogP) is -1.43. The van der Waals surface area contributed by atoms with Gasteiger partial charge in [0.05, 0.1) is 35.4 Å². The lowest BCUT2D eigenvalue weighted by atomic mass is 9.41. The van der Waals surface area contributed by atoms with Gasteiger partial charge in [0, 0.05) is 17.9 Å². The highest BCUT2D eigenvalue weighted by molar-refractivity contribution is 5.85. The molecule has 7 rings (SSSR count). The van der Waals surface area contributed by atoms with Gasteiger partial charge in [-0.3, -0.25) is 0 Å². The Hall–Kier alpha value is -1.60. The molecule has 0 amide bonds. The molecule has 0 aromatic carbocycles. The van der Waals surface area contributed by atoms with Crippen LogP contribution >= 0.6 is 0 Å². The van der Waals surface area contributed by atoms with Crippen molar-refractivity contribution in [1.82, 2.24) is 0 Å². The molecule has 2 saturated heterocycles. The van der Waals surface area contributed by atoms with Crippen LogP contribution in [0.2, 0.25) is 0 Å². The van der Waals surface area contributed by atoms with Gasteiger partial charge in [-0.2, -0.15) is 0 Å². The van der Waals surface area contributed by atoms with Crippen LogP contribution in [0.15, 0.2) is 11.6 Å². The second-order valence-electron chi connectivity index (χ2n) is 16.2. The average Bonchev–Trinajstić information content (AvgIpc) is 3.64. The second kappa shape index (κ2) is 13.1. The van der Waals surface area contributed by atoms with E-state index in [1.807, 2.05) is 0 Å². The van der Waals surface area contributed by atoms with E-state index in [4.69, 9.17) is 23.7 Å². The Bertz CT molecular complexity index is 1340. The van der Waals surface area contributed by atoms with Crippen molar-refractivity contribution in [2.24, 2.45) is 28.6 Å². The van der Waals surface area contributed by atoms with Gasteiger partial charge in [-0.25, -0.2) is 4.79 Å². The van der Waals surface area contributed by atoms with Crippen molar-refractivity contribution < 1.29 is 74.1 Å². The standard InChI is InChI=1S/C35H52O15/c1-16-29(50-31-27(42)25(40)24(39)22(13-36)49-31)26(41)28(43)30(47-16)48-18-3-8-33(15-37)20-4-7-32(2)19(17-11-23(38)46-14-17)6-10-35(32,45)21(20)5-9-34(33,44)12-18/h11,15-16,18-22,24-31,36,39-45H,3-10,12-14H2,1-2H3/t16-,18+,19-,20?,21?,22-,24-,25+,26+,27-,28-,29-,30+,31+,32-,33+,34+,35+/m1/s1. The first-order valence-corrected chi connectivity index (χ1v) is 18.0. The van der Waals surface area contributed by atoms with Crippen molar-refractivity contribution in [3.8, 4) is 0 Å². The van der Waals surface area contributed by atoms with Gasteiger partial charge in [0.2, 0.25) is 0 Å². The van der Waals surface area contributed by atoms with E-state index in [0.717, 1.165) is 18.3 Å². The van der Waals surface area contributed by atoms with Crippen LogP contribution in [-0.2, 0) is 33.3 Å². The van der Waals surface area contributed by atoms with Crippen molar-refractivity contribution in [2.75, 3.05) is 13.2 Å². The number of aliphatic hydroxyl groups is 8. The lowest BCUT2D eigenvalue weighted by Crippen LogP contribution is -2.69. The number of fused-ring (bicyclic) bond motifs is 5. The van der Waals surface area contributed by atoms with Crippen LogP contribution < -0.4 is 0 Å². The molecule has 8 N–H and O–H groups in total. The molecule has 0 radical (unpaired) electrons. The Balaban J connectivity index is 1.02. The van der Waals surface area contributed by atoms with E-state index < -0.39 is 96.2 Å². The number of hydrogen-bond acceptors (Lipinski definition) is 15. The minimum Gasteiger partial charge on any atom is -0.458 e. The van der Waals surface area contributed by atoms with Crippen LogP contribution in [0.5, 0.6) is 0 Å². The van der Waals surface area contributed by atoms with E-state index in [1.165, 1.54) is 0 Å². The summed E-state index contributed by atoms with van der Waals surface area (Å²) in [4.78, 5) is 25.1. The molecule has 6 fully saturated rings. The summed E-state index contributed by atoms with van der Waals surface area (Å²) < 4.78 is 28.4. The lowest BCUT2D eigenvalue weighted by molar-refractivity contribution is -0.361. The molecule has 4 saturated carbocycles. The van der Waals surface area contributed by atoms with Gasteiger partial charge in [0.15, 0.2) is 12.6 Å². The van der Waals surface area contributed by atoms with Crippen LogP contribution in [0.25, 0.3) is 0 Å². The molecule has 18 atom stereocenters. The lowest BCUT2D eigenvalue weighted by Gasteiger charge is -2.65. The van der Waals surface area contributed by atoms with E-state index in [0.29, 0.717) is 38.5 Å². The summed E-state index contributed by atoms with van der Waals surface area (Å²) in [5, 5.41) is 87.0. The molecule has 2 unspecified atom stereocenters. The van der Waals surface area contributed by atoms with Crippen molar-refractivity contribution in [3.63, 3.8) is 0 Å². The van der Waals surface area contributed by atoms with E-state index in [2.05, 4.69) is 6.92 Å². The van der Waals surface area contributed by atoms with Crippen molar-refractivity contribution in [2.45, 2.75) is 150 Å². The third-order valence-electron chi connectivity index (χ3n) is 14.1. The van der Waals surface area contributed by atoms with Gasteiger partial charge >= 0.3 is 5.97 Å². The van der Waals surface area contributed by atoms with Gasteiger partial charge in [-0.15, -0.1) is 0 Å². The van der Waals surface area contributed by atoms with Crippen LogP contribution in [-0.4, -0.2) is 145 Å². The molecule has 3 aliphatic heterocycles. The van der Waals surface area contributed by atoms with Gasteiger partial charge in [-0.05, 0) is 81.6 Å². The largest absolute Gasteiger partial charge is 0.458 e. The van der Waals surface area contributed by atoms with E-state index in [1.54, 1.807) is 13.0 Å². The Morgan fingerprint density at radius 1 is 0.860 bits per heavy atom. The quantitative estimate of drug-likeness (QED) is 0.0858. The van der Waals surface area contributed by atoms with Gasteiger partial charge in [-0.1, -0.05) is 6.92 Å². The number of aldehydes is 1. The van der Waals surface area contributed by atoms with Crippen molar-refractivity contribution >= 4 is 12.3 Å². The first kappa shape index (κ1) is 36.7. The number of cyclic esters (lactones) is 1. The van der Waals surface area contributed by atoms with Gasteiger partial charge in [0.25, 0.3) is 0 Å². The molecule has 15 heteroatoms. The minimum absolute atomic E-state index is 0.00102.